The molecule has 2 amide bonds. The van der Waals surface area contributed by atoms with Crippen molar-refractivity contribution >= 4 is 17.4 Å². The van der Waals surface area contributed by atoms with Gasteiger partial charge in [0.25, 0.3) is 0 Å². The highest BCUT2D eigenvalue weighted by molar-refractivity contribution is 7.09. The normalized spacial score (nSPS) is 22.3. The van der Waals surface area contributed by atoms with Crippen molar-refractivity contribution < 1.29 is 4.79 Å². The van der Waals surface area contributed by atoms with Gasteiger partial charge >= 0.3 is 6.03 Å². The minimum absolute atomic E-state index is 0.00116. The molecule has 0 radical (unpaired) electrons. The topological polar surface area (TPSA) is 71.2 Å². The number of carbonyl (C=O) groups is 1. The molecule has 0 aromatic carbocycles. The van der Waals surface area contributed by atoms with Gasteiger partial charge < -0.3 is 16.0 Å². The van der Waals surface area contributed by atoms with Crippen molar-refractivity contribution in [1.29, 1.82) is 0 Å². The van der Waals surface area contributed by atoms with Crippen LogP contribution in [0.1, 0.15) is 11.0 Å². The predicted molar refractivity (Wildman–Crippen MR) is 54.0 cm³/mol. The zero-order valence-corrected chi connectivity index (χ0v) is 8.46. The number of piperazine rings is 1. The number of hydrogen-bond acceptors (Lipinski definition) is 4. The van der Waals surface area contributed by atoms with E-state index in [2.05, 4.69) is 10.3 Å². The molecule has 1 saturated heterocycles. The van der Waals surface area contributed by atoms with E-state index in [1.807, 2.05) is 5.38 Å². The van der Waals surface area contributed by atoms with Crippen LogP contribution >= 0.6 is 11.3 Å². The molecule has 5 nitrogen and oxygen atoms in total. The minimum Gasteiger partial charge on any atom is -0.351 e. The van der Waals surface area contributed by atoms with Gasteiger partial charge in [-0.1, -0.05) is 0 Å². The van der Waals surface area contributed by atoms with Crippen LogP contribution < -0.4 is 11.1 Å². The summed E-state index contributed by atoms with van der Waals surface area (Å²) >= 11 is 1.55. The molecule has 1 aromatic heterocycles. The zero-order chi connectivity index (χ0) is 9.97. The average molecular weight is 212 g/mol. The highest BCUT2D eigenvalue weighted by Gasteiger charge is 2.27. The Kier molecular flexibility index (Phi) is 2.64. The van der Waals surface area contributed by atoms with Crippen LogP contribution in [0.3, 0.4) is 0 Å². The quantitative estimate of drug-likeness (QED) is 0.697. The molecular formula is C8H12N4OS. The Bertz CT molecular complexity index is 313. The molecule has 1 aliphatic rings. The number of nitrogens with zero attached hydrogens (tertiary/aromatic N) is 2. The van der Waals surface area contributed by atoms with Crippen molar-refractivity contribution in [3.05, 3.63) is 16.6 Å². The van der Waals surface area contributed by atoms with Gasteiger partial charge in [-0.2, -0.15) is 0 Å². The van der Waals surface area contributed by atoms with E-state index in [0.29, 0.717) is 6.54 Å². The second-order valence-corrected chi connectivity index (χ2v) is 4.05. The van der Waals surface area contributed by atoms with Gasteiger partial charge in [0.1, 0.15) is 5.01 Å². The van der Waals surface area contributed by atoms with Gasteiger partial charge in [-0.15, -0.1) is 11.3 Å². The van der Waals surface area contributed by atoms with Gasteiger partial charge in [-0.25, -0.2) is 9.78 Å². The summed E-state index contributed by atoms with van der Waals surface area (Å²) in [6.07, 6.45) is 1.74. The molecule has 14 heavy (non-hydrogen) atoms. The lowest BCUT2D eigenvalue weighted by atomic mass is 10.2. The molecule has 0 bridgehead atoms. The van der Waals surface area contributed by atoms with Gasteiger partial charge in [0.2, 0.25) is 0 Å². The van der Waals surface area contributed by atoms with Crippen LogP contribution in [-0.4, -0.2) is 35.5 Å². The summed E-state index contributed by atoms with van der Waals surface area (Å²) in [6.45, 7) is 2.18. The Labute approximate surface area is 85.9 Å². The second kappa shape index (κ2) is 3.93. The summed E-state index contributed by atoms with van der Waals surface area (Å²) in [5, 5.41) is 6.07. The van der Waals surface area contributed by atoms with E-state index in [1.165, 1.54) is 0 Å². The number of primary amides is 1. The molecular weight excluding hydrogens is 200 g/mol. The van der Waals surface area contributed by atoms with E-state index in [4.69, 9.17) is 5.73 Å². The molecule has 1 aromatic rings. The Morgan fingerprint density at radius 2 is 2.64 bits per heavy atom. The Hall–Kier alpha value is -1.14. The van der Waals surface area contributed by atoms with Crippen molar-refractivity contribution in [2.24, 2.45) is 5.73 Å². The number of amides is 2. The molecule has 1 aliphatic heterocycles. The standard InChI is InChI=1S/C8H12N4OS/c9-8(13)12-3-1-10-5-6(12)7-11-2-4-14-7/h2,4,6,10H,1,3,5H2,(H2,9,13). The van der Waals surface area contributed by atoms with Crippen molar-refractivity contribution in [1.82, 2.24) is 15.2 Å². The summed E-state index contributed by atoms with van der Waals surface area (Å²) in [7, 11) is 0. The van der Waals surface area contributed by atoms with E-state index in [0.717, 1.165) is 18.1 Å². The van der Waals surface area contributed by atoms with Crippen molar-refractivity contribution in [2.75, 3.05) is 19.6 Å². The van der Waals surface area contributed by atoms with Crippen LogP contribution in [0.5, 0.6) is 0 Å². The Morgan fingerprint density at radius 1 is 1.79 bits per heavy atom. The number of rotatable bonds is 1. The number of aromatic nitrogens is 1. The molecule has 0 saturated carbocycles. The van der Waals surface area contributed by atoms with Gasteiger partial charge in [0, 0.05) is 31.2 Å². The van der Waals surface area contributed by atoms with Gasteiger partial charge in [0.15, 0.2) is 0 Å². The number of carbonyl (C=O) groups excluding carboxylic acids is 1. The number of urea groups is 1. The molecule has 3 N–H and O–H groups in total. The van der Waals surface area contributed by atoms with Crippen LogP contribution in [0, 0.1) is 0 Å². The first-order valence-corrected chi connectivity index (χ1v) is 5.33. The first-order chi connectivity index (χ1) is 6.79. The maximum Gasteiger partial charge on any atom is 0.315 e. The fraction of sp³-hybridized carbons (Fsp3) is 0.500. The first kappa shape index (κ1) is 9.42. The van der Waals surface area contributed by atoms with Crippen molar-refractivity contribution in [3.63, 3.8) is 0 Å². The van der Waals surface area contributed by atoms with Crippen molar-refractivity contribution in [2.45, 2.75) is 6.04 Å². The number of thiazole rings is 1. The van der Waals surface area contributed by atoms with E-state index in [-0.39, 0.29) is 12.1 Å². The van der Waals surface area contributed by atoms with E-state index in [9.17, 15) is 4.79 Å². The lowest BCUT2D eigenvalue weighted by Gasteiger charge is -2.33. The molecule has 0 aliphatic carbocycles. The predicted octanol–water partition coefficient (Wildman–Crippen LogP) is 0.168. The highest BCUT2D eigenvalue weighted by atomic mass is 32.1. The Balaban J connectivity index is 2.18. The summed E-state index contributed by atoms with van der Waals surface area (Å²) in [5.41, 5.74) is 5.30. The molecule has 1 unspecified atom stereocenters. The molecule has 1 atom stereocenters. The number of nitrogens with two attached hydrogens (primary N) is 1. The average Bonchev–Trinajstić information content (AvgIpc) is 2.70. The first-order valence-electron chi connectivity index (χ1n) is 4.45. The SMILES string of the molecule is NC(=O)N1CCNCC1c1nccs1. The van der Waals surface area contributed by atoms with Crippen LogP contribution in [0.2, 0.25) is 0 Å². The molecule has 76 valence electrons. The van der Waals surface area contributed by atoms with Crippen LogP contribution in [-0.2, 0) is 0 Å². The van der Waals surface area contributed by atoms with E-state index < -0.39 is 0 Å². The summed E-state index contributed by atoms with van der Waals surface area (Å²) in [5.74, 6) is 0. The second-order valence-electron chi connectivity index (χ2n) is 3.12. The fourth-order valence-electron chi connectivity index (χ4n) is 1.59. The molecule has 2 heterocycles. The third-order valence-electron chi connectivity index (χ3n) is 2.26. The van der Waals surface area contributed by atoms with Gasteiger partial charge in [-0.3, -0.25) is 0 Å². The Morgan fingerprint density at radius 3 is 3.29 bits per heavy atom. The van der Waals surface area contributed by atoms with E-state index >= 15 is 0 Å². The smallest absolute Gasteiger partial charge is 0.315 e. The maximum atomic E-state index is 11.2. The summed E-state index contributed by atoms with van der Waals surface area (Å²) in [4.78, 5) is 17.0. The molecule has 6 heteroatoms. The highest BCUT2D eigenvalue weighted by Crippen LogP contribution is 2.23. The lowest BCUT2D eigenvalue weighted by Crippen LogP contribution is -2.50. The maximum absolute atomic E-state index is 11.2. The monoisotopic (exact) mass is 212 g/mol. The summed E-state index contributed by atoms with van der Waals surface area (Å²) in [6, 6.07) is -0.368. The van der Waals surface area contributed by atoms with Crippen LogP contribution in [0.15, 0.2) is 11.6 Å². The summed E-state index contributed by atoms with van der Waals surface area (Å²) < 4.78 is 0. The van der Waals surface area contributed by atoms with Gasteiger partial charge in [-0.05, 0) is 0 Å². The minimum atomic E-state index is -0.369. The van der Waals surface area contributed by atoms with Crippen molar-refractivity contribution in [3.8, 4) is 0 Å². The molecule has 2 rings (SSSR count). The zero-order valence-electron chi connectivity index (χ0n) is 7.64. The fourth-order valence-corrected chi connectivity index (χ4v) is 2.34. The lowest BCUT2D eigenvalue weighted by molar-refractivity contribution is 0.167. The van der Waals surface area contributed by atoms with E-state index in [1.54, 1.807) is 22.4 Å². The third-order valence-corrected chi connectivity index (χ3v) is 3.14. The van der Waals surface area contributed by atoms with Gasteiger partial charge in [0.05, 0.1) is 6.04 Å². The van der Waals surface area contributed by atoms with Crippen LogP contribution in [0.25, 0.3) is 0 Å². The van der Waals surface area contributed by atoms with Crippen LogP contribution in [0.4, 0.5) is 4.79 Å². The molecule has 0 spiro atoms. The number of hydrogen-bond donors (Lipinski definition) is 2. The molecule has 1 fully saturated rings. The third kappa shape index (κ3) is 1.71. The number of nitrogens with one attached hydrogen (secondary N) is 1. The largest absolute Gasteiger partial charge is 0.351 e.